The average molecular weight is 542 g/mol. The highest BCUT2D eigenvalue weighted by molar-refractivity contribution is 5.81. The van der Waals surface area contributed by atoms with Crippen molar-refractivity contribution in [3.63, 3.8) is 0 Å². The molecule has 4 rings (SSSR count). The van der Waals surface area contributed by atoms with Gasteiger partial charge in [-0.25, -0.2) is 4.79 Å². The third-order valence-electron chi connectivity index (χ3n) is 8.97. The average Bonchev–Trinajstić information content (AvgIpc) is 2.62. The highest BCUT2D eigenvalue weighted by Crippen LogP contribution is 2.80. The van der Waals surface area contributed by atoms with E-state index in [1.165, 1.54) is 0 Å². The number of carbonyl (C=O) groups is 1. The largest absolute Gasteiger partial charge is 0.456 e. The molecule has 208 valence electrons. The van der Waals surface area contributed by atoms with E-state index >= 15 is 0 Å². The minimum absolute atomic E-state index is 0.231. The fourth-order valence-corrected chi connectivity index (χ4v) is 7.52. The fourth-order valence-electron chi connectivity index (χ4n) is 7.52. The number of halogens is 9. The third-order valence-corrected chi connectivity index (χ3v) is 8.97. The molecule has 0 saturated heterocycles. The summed E-state index contributed by atoms with van der Waals surface area (Å²) in [6, 6.07) is 0. The van der Waals surface area contributed by atoms with Crippen LogP contribution in [0.5, 0.6) is 0 Å². The summed E-state index contributed by atoms with van der Waals surface area (Å²) in [5, 5.41) is 32.3. The monoisotopic (exact) mass is 542 g/mol. The molecule has 4 fully saturated rings. The molecule has 0 radical (unpaired) electrons. The number of carbonyl (C=O) groups excluding carboxylic acids is 1. The maximum Gasteiger partial charge on any atom is 0.426 e. The van der Waals surface area contributed by atoms with Crippen molar-refractivity contribution in [1.82, 2.24) is 0 Å². The van der Waals surface area contributed by atoms with Crippen LogP contribution in [-0.2, 0) is 9.53 Å². The topological polar surface area (TPSA) is 87.0 Å². The Kier molecular flexibility index (Phi) is 5.89. The lowest BCUT2D eigenvalue weighted by molar-refractivity contribution is -0.447. The minimum atomic E-state index is -6.42. The molecule has 5 unspecified atom stereocenters. The molecule has 0 aromatic heterocycles. The number of esters is 1. The van der Waals surface area contributed by atoms with E-state index in [0.29, 0.717) is 6.08 Å². The first kappa shape index (κ1) is 29.0. The number of aliphatic hydroxyl groups is 3. The molecule has 4 saturated carbocycles. The van der Waals surface area contributed by atoms with E-state index in [1.54, 1.807) is 0 Å². The predicted molar refractivity (Wildman–Crippen MR) is 104 cm³/mol. The zero-order valence-corrected chi connectivity index (χ0v) is 19.6. The summed E-state index contributed by atoms with van der Waals surface area (Å²) in [7, 11) is 0. The van der Waals surface area contributed by atoms with Gasteiger partial charge < -0.3 is 20.1 Å². The second-order valence-corrected chi connectivity index (χ2v) is 11.5. The Labute approximate surface area is 200 Å². The Morgan fingerprint density at radius 1 is 0.722 bits per heavy atom. The molecule has 0 aromatic rings. The number of ether oxygens (including phenoxy) is 1. The lowest BCUT2D eigenvalue weighted by Crippen LogP contribution is -2.81. The summed E-state index contributed by atoms with van der Waals surface area (Å²) in [5.74, 6) is -1.33. The summed E-state index contributed by atoms with van der Waals surface area (Å²) < 4.78 is 133. The van der Waals surface area contributed by atoms with E-state index in [9.17, 15) is 59.6 Å². The molecule has 3 N–H and O–H groups in total. The number of alkyl halides is 9. The summed E-state index contributed by atoms with van der Waals surface area (Å²) in [4.78, 5) is 12.2. The van der Waals surface area contributed by atoms with Gasteiger partial charge in [0.15, 0.2) is 5.60 Å². The highest BCUT2D eigenvalue weighted by atomic mass is 19.4. The molecule has 14 heteroatoms. The Morgan fingerprint density at radius 3 is 1.50 bits per heavy atom. The van der Waals surface area contributed by atoms with Gasteiger partial charge in [-0.3, -0.25) is 0 Å². The molecular weight excluding hydrogens is 515 g/mol. The van der Waals surface area contributed by atoms with Crippen LogP contribution in [0.1, 0.15) is 59.3 Å². The molecule has 0 heterocycles. The van der Waals surface area contributed by atoms with Gasteiger partial charge in [-0.1, -0.05) is 6.58 Å². The van der Waals surface area contributed by atoms with E-state index in [2.05, 4.69) is 6.58 Å². The van der Waals surface area contributed by atoms with Crippen LogP contribution >= 0.6 is 0 Å². The van der Waals surface area contributed by atoms with Crippen LogP contribution < -0.4 is 0 Å². The van der Waals surface area contributed by atoms with Crippen molar-refractivity contribution in [1.29, 1.82) is 0 Å². The zero-order valence-electron chi connectivity index (χ0n) is 19.6. The minimum Gasteiger partial charge on any atom is -0.456 e. The molecule has 5 atom stereocenters. The molecule has 0 amide bonds. The quantitative estimate of drug-likeness (QED) is 0.266. The lowest BCUT2D eigenvalue weighted by Gasteiger charge is -2.75. The predicted octanol–water partition coefficient (Wildman–Crippen LogP) is 4.73. The molecule has 5 nitrogen and oxygen atoms in total. The Hall–Kier alpha value is -1.54. The van der Waals surface area contributed by atoms with Crippen molar-refractivity contribution in [2.45, 2.75) is 100 Å². The van der Waals surface area contributed by atoms with Crippen LogP contribution in [0, 0.1) is 16.2 Å². The third kappa shape index (κ3) is 3.53. The summed E-state index contributed by atoms with van der Waals surface area (Å²) in [6.07, 6.45) is -24.3. The van der Waals surface area contributed by atoms with Crippen LogP contribution in [0.2, 0.25) is 0 Å². The van der Waals surface area contributed by atoms with Crippen molar-refractivity contribution in [2.24, 2.45) is 16.2 Å². The molecule has 0 aromatic carbocycles. The van der Waals surface area contributed by atoms with Gasteiger partial charge in [-0.2, -0.15) is 39.5 Å². The number of hydrogen-bond donors (Lipinski definition) is 3. The van der Waals surface area contributed by atoms with Crippen LogP contribution in [0.25, 0.3) is 0 Å². The van der Waals surface area contributed by atoms with E-state index in [0.717, 1.165) is 13.8 Å². The molecule has 0 aliphatic heterocycles. The van der Waals surface area contributed by atoms with Gasteiger partial charge >= 0.3 is 24.5 Å². The van der Waals surface area contributed by atoms with Gasteiger partial charge in [0.2, 0.25) is 0 Å². The number of rotatable bonds is 5. The van der Waals surface area contributed by atoms with Crippen molar-refractivity contribution >= 4 is 5.97 Å². The lowest BCUT2D eigenvalue weighted by atomic mass is 9.31. The van der Waals surface area contributed by atoms with Crippen molar-refractivity contribution in [3.8, 4) is 0 Å². The van der Waals surface area contributed by atoms with Gasteiger partial charge in [-0.15, -0.1) is 0 Å². The van der Waals surface area contributed by atoms with Crippen molar-refractivity contribution < 1.29 is 64.4 Å². The van der Waals surface area contributed by atoms with Gasteiger partial charge in [0.1, 0.15) is 5.60 Å². The van der Waals surface area contributed by atoms with Crippen LogP contribution in [-0.4, -0.2) is 62.2 Å². The second-order valence-electron chi connectivity index (χ2n) is 11.5. The maximum absolute atomic E-state index is 14.2. The van der Waals surface area contributed by atoms with Crippen LogP contribution in [0.4, 0.5) is 39.5 Å². The molecule has 4 aliphatic carbocycles. The maximum atomic E-state index is 14.2. The van der Waals surface area contributed by atoms with Gasteiger partial charge in [0.05, 0.1) is 5.60 Å². The Balaban J connectivity index is 2.47. The molecule has 4 bridgehead atoms. The van der Waals surface area contributed by atoms with Gasteiger partial charge in [0, 0.05) is 22.3 Å². The fraction of sp³-hybridized carbons (Fsp3) is 0.864. The second kappa shape index (κ2) is 7.31. The molecular formula is C22H27F9O5. The van der Waals surface area contributed by atoms with E-state index < -0.39 is 102 Å². The summed E-state index contributed by atoms with van der Waals surface area (Å²) >= 11 is 0. The Morgan fingerprint density at radius 2 is 1.11 bits per heavy atom. The molecule has 4 aliphatic rings. The normalized spacial score (nSPS) is 37.0. The van der Waals surface area contributed by atoms with Crippen molar-refractivity contribution in [3.05, 3.63) is 12.7 Å². The van der Waals surface area contributed by atoms with E-state index in [-0.39, 0.29) is 6.92 Å². The van der Waals surface area contributed by atoms with Crippen LogP contribution in [0.3, 0.4) is 0 Å². The molecule has 36 heavy (non-hydrogen) atoms. The standard InChI is InChI=1S/C22H27F9O5/c1-5-12(32)36-18-9-15(13(2,3)33)6-16(10-18,14(4,34)20(23,24)25)8-17(7-15,11-18)19(35,21(26,27)28)22(29,30)31/h5,33-35H,1,6-11H2,2-4H3. The first-order chi connectivity index (χ1) is 15.7. The van der Waals surface area contributed by atoms with Crippen LogP contribution in [0.15, 0.2) is 12.7 Å². The van der Waals surface area contributed by atoms with Gasteiger partial charge in [0.25, 0.3) is 5.60 Å². The van der Waals surface area contributed by atoms with E-state index in [1.807, 2.05) is 0 Å². The zero-order chi connectivity index (χ0) is 28.2. The number of hydrogen-bond acceptors (Lipinski definition) is 5. The SMILES string of the molecule is C=CC(=O)OC12CC3(C(C)(C)O)CC(C(C)(O)C(F)(F)F)(C1)CC(C(O)(C(F)(F)F)C(F)(F)F)(C2)C3. The Bertz CT molecular complexity index is 934. The first-order valence-corrected chi connectivity index (χ1v) is 10.9. The summed E-state index contributed by atoms with van der Waals surface area (Å²) in [6.45, 7) is 5.36. The van der Waals surface area contributed by atoms with E-state index in [4.69, 9.17) is 4.74 Å². The highest BCUT2D eigenvalue weighted by Gasteiger charge is 2.88. The summed E-state index contributed by atoms with van der Waals surface area (Å²) in [5.41, 5.74) is -22.5. The van der Waals surface area contributed by atoms with Crippen molar-refractivity contribution in [2.75, 3.05) is 0 Å². The first-order valence-electron chi connectivity index (χ1n) is 10.9. The molecule has 0 spiro atoms. The smallest absolute Gasteiger partial charge is 0.426 e. The van der Waals surface area contributed by atoms with Gasteiger partial charge in [-0.05, 0) is 59.3 Å².